The third-order valence-electron chi connectivity index (χ3n) is 4.61. The molecule has 2 amide bonds. The standard InChI is InChI=1S/C19H18Cl2N4O2/c1-2-9(18(24)26)7-25-8-12-11(3-4-15(22)16(12)19(25)27)10-5-13(20)17(23)14(21)6-10/h2-6H,7-8,22-23H2,1H3,(H2,24,26)/b9-2+. The highest BCUT2D eigenvalue weighted by Gasteiger charge is 2.32. The molecule has 6 nitrogen and oxygen atoms in total. The Kier molecular flexibility index (Phi) is 5.04. The molecular weight excluding hydrogens is 387 g/mol. The van der Waals surface area contributed by atoms with E-state index in [1.807, 2.05) is 6.07 Å². The number of rotatable bonds is 4. The summed E-state index contributed by atoms with van der Waals surface area (Å²) in [6.45, 7) is 2.10. The maximum absolute atomic E-state index is 12.9. The molecule has 0 unspecified atom stereocenters. The number of halogens is 2. The topological polar surface area (TPSA) is 115 Å². The molecule has 0 spiro atoms. The SMILES string of the molecule is C/C=C(\CN1Cc2c(-c3cc(Cl)c(N)c(Cl)c3)ccc(N)c2C1=O)C(N)=O. The Bertz CT molecular complexity index is 978. The average molecular weight is 405 g/mol. The van der Waals surface area contributed by atoms with E-state index in [2.05, 4.69) is 0 Å². The lowest BCUT2D eigenvalue weighted by molar-refractivity contribution is -0.114. The number of nitrogens with zero attached hydrogens (tertiary/aromatic N) is 1. The van der Waals surface area contributed by atoms with Gasteiger partial charge in [-0.05, 0) is 41.8 Å². The van der Waals surface area contributed by atoms with Crippen LogP contribution >= 0.6 is 23.2 Å². The first-order valence-corrected chi connectivity index (χ1v) is 8.90. The lowest BCUT2D eigenvalue weighted by Gasteiger charge is -2.16. The fourth-order valence-electron chi connectivity index (χ4n) is 3.16. The number of hydrogen-bond donors (Lipinski definition) is 3. The van der Waals surface area contributed by atoms with Gasteiger partial charge in [-0.25, -0.2) is 0 Å². The quantitative estimate of drug-likeness (QED) is 0.535. The van der Waals surface area contributed by atoms with Gasteiger partial charge in [0.05, 0.1) is 27.8 Å². The van der Waals surface area contributed by atoms with Gasteiger partial charge in [0.25, 0.3) is 5.91 Å². The van der Waals surface area contributed by atoms with Gasteiger partial charge in [-0.1, -0.05) is 35.3 Å². The van der Waals surface area contributed by atoms with Crippen molar-refractivity contribution < 1.29 is 9.59 Å². The summed E-state index contributed by atoms with van der Waals surface area (Å²) in [7, 11) is 0. The Morgan fingerprint density at radius 2 is 1.85 bits per heavy atom. The van der Waals surface area contributed by atoms with Crippen molar-refractivity contribution in [3.63, 3.8) is 0 Å². The van der Waals surface area contributed by atoms with Crippen molar-refractivity contribution in [3.8, 4) is 11.1 Å². The molecule has 8 heteroatoms. The van der Waals surface area contributed by atoms with E-state index in [1.54, 1.807) is 31.2 Å². The molecule has 0 fully saturated rings. The summed E-state index contributed by atoms with van der Waals surface area (Å²) >= 11 is 12.3. The van der Waals surface area contributed by atoms with Crippen LogP contribution in [0.15, 0.2) is 35.9 Å². The number of allylic oxidation sites excluding steroid dienone is 1. The highest BCUT2D eigenvalue weighted by Crippen LogP contribution is 2.39. The minimum atomic E-state index is -0.563. The van der Waals surface area contributed by atoms with Crippen LogP contribution in [-0.2, 0) is 11.3 Å². The van der Waals surface area contributed by atoms with Crippen LogP contribution < -0.4 is 17.2 Å². The molecule has 6 N–H and O–H groups in total. The number of anilines is 2. The van der Waals surface area contributed by atoms with Gasteiger partial charge in [-0.3, -0.25) is 9.59 Å². The van der Waals surface area contributed by atoms with Crippen LogP contribution in [0.25, 0.3) is 11.1 Å². The maximum Gasteiger partial charge on any atom is 0.256 e. The summed E-state index contributed by atoms with van der Waals surface area (Å²) in [5.41, 5.74) is 20.9. The Morgan fingerprint density at radius 1 is 1.22 bits per heavy atom. The van der Waals surface area contributed by atoms with Crippen LogP contribution in [0, 0.1) is 0 Å². The van der Waals surface area contributed by atoms with Crippen molar-refractivity contribution in [2.24, 2.45) is 5.73 Å². The predicted octanol–water partition coefficient (Wildman–Crippen LogP) is 3.21. The smallest absolute Gasteiger partial charge is 0.256 e. The van der Waals surface area contributed by atoms with E-state index in [1.165, 1.54) is 4.90 Å². The first-order valence-electron chi connectivity index (χ1n) is 8.15. The number of benzene rings is 2. The summed E-state index contributed by atoms with van der Waals surface area (Å²) in [5, 5.41) is 0.656. The van der Waals surface area contributed by atoms with Crippen LogP contribution in [0.2, 0.25) is 10.0 Å². The average Bonchev–Trinajstić information content (AvgIpc) is 2.94. The van der Waals surface area contributed by atoms with Crippen molar-refractivity contribution in [2.75, 3.05) is 18.0 Å². The molecule has 2 aromatic carbocycles. The highest BCUT2D eigenvalue weighted by molar-refractivity contribution is 6.39. The molecule has 0 saturated carbocycles. The molecular formula is C19H18Cl2N4O2. The molecule has 1 heterocycles. The van der Waals surface area contributed by atoms with Gasteiger partial charge in [0.2, 0.25) is 5.91 Å². The van der Waals surface area contributed by atoms with Crippen molar-refractivity contribution >= 4 is 46.4 Å². The summed E-state index contributed by atoms with van der Waals surface area (Å²) < 4.78 is 0. The monoisotopic (exact) mass is 404 g/mol. The van der Waals surface area contributed by atoms with Gasteiger partial charge in [-0.15, -0.1) is 0 Å². The van der Waals surface area contributed by atoms with Gasteiger partial charge in [0.1, 0.15) is 0 Å². The zero-order valence-electron chi connectivity index (χ0n) is 14.6. The second-order valence-electron chi connectivity index (χ2n) is 6.25. The molecule has 0 aromatic heterocycles. The molecule has 0 saturated heterocycles. The summed E-state index contributed by atoms with van der Waals surface area (Å²) in [4.78, 5) is 25.9. The van der Waals surface area contributed by atoms with E-state index in [-0.39, 0.29) is 12.5 Å². The third kappa shape index (κ3) is 3.34. The molecule has 0 bridgehead atoms. The lowest BCUT2D eigenvalue weighted by atomic mass is 9.95. The molecule has 2 aromatic rings. The Balaban J connectivity index is 2.08. The van der Waals surface area contributed by atoms with E-state index in [0.29, 0.717) is 39.1 Å². The number of primary amides is 1. The maximum atomic E-state index is 12.9. The Morgan fingerprint density at radius 3 is 2.41 bits per heavy atom. The van der Waals surface area contributed by atoms with Crippen molar-refractivity contribution in [3.05, 3.63) is 57.1 Å². The van der Waals surface area contributed by atoms with Gasteiger partial charge >= 0.3 is 0 Å². The first-order chi connectivity index (χ1) is 12.7. The largest absolute Gasteiger partial charge is 0.398 e. The Hall–Kier alpha value is -2.70. The fourth-order valence-corrected chi connectivity index (χ4v) is 3.65. The molecule has 3 rings (SSSR count). The van der Waals surface area contributed by atoms with Gasteiger partial charge in [-0.2, -0.15) is 0 Å². The van der Waals surface area contributed by atoms with E-state index in [0.717, 1.165) is 16.7 Å². The molecule has 1 aliphatic heterocycles. The third-order valence-corrected chi connectivity index (χ3v) is 5.24. The number of amides is 2. The molecule has 27 heavy (non-hydrogen) atoms. The summed E-state index contributed by atoms with van der Waals surface area (Å²) in [5.74, 6) is -0.816. The molecule has 0 radical (unpaired) electrons. The predicted molar refractivity (Wildman–Crippen MR) is 108 cm³/mol. The van der Waals surface area contributed by atoms with Gasteiger partial charge < -0.3 is 22.1 Å². The first kappa shape index (κ1) is 19.1. The van der Waals surface area contributed by atoms with Gasteiger partial charge in [0.15, 0.2) is 0 Å². The van der Waals surface area contributed by atoms with E-state index < -0.39 is 5.91 Å². The van der Waals surface area contributed by atoms with E-state index >= 15 is 0 Å². The number of nitrogen functional groups attached to an aromatic ring is 2. The number of carbonyl (C=O) groups excluding carboxylic acids is 2. The van der Waals surface area contributed by atoms with Crippen LogP contribution in [0.4, 0.5) is 11.4 Å². The van der Waals surface area contributed by atoms with Crippen molar-refractivity contribution in [1.82, 2.24) is 4.90 Å². The molecule has 0 atom stereocenters. The number of nitrogens with two attached hydrogens (primary N) is 3. The van der Waals surface area contributed by atoms with E-state index in [9.17, 15) is 9.59 Å². The molecule has 140 valence electrons. The van der Waals surface area contributed by atoms with Crippen LogP contribution in [-0.4, -0.2) is 23.3 Å². The summed E-state index contributed by atoms with van der Waals surface area (Å²) in [6.07, 6.45) is 1.60. The molecule has 1 aliphatic rings. The molecule has 0 aliphatic carbocycles. The number of fused-ring (bicyclic) bond motifs is 1. The zero-order valence-corrected chi connectivity index (χ0v) is 16.1. The fraction of sp³-hybridized carbons (Fsp3) is 0.158. The van der Waals surface area contributed by atoms with Crippen LogP contribution in [0.5, 0.6) is 0 Å². The Labute approximate surface area is 166 Å². The minimum Gasteiger partial charge on any atom is -0.398 e. The second-order valence-corrected chi connectivity index (χ2v) is 7.06. The highest BCUT2D eigenvalue weighted by atomic mass is 35.5. The van der Waals surface area contributed by atoms with Crippen molar-refractivity contribution in [2.45, 2.75) is 13.5 Å². The normalized spacial score (nSPS) is 13.8. The second kappa shape index (κ2) is 7.13. The number of hydrogen-bond acceptors (Lipinski definition) is 4. The van der Waals surface area contributed by atoms with Crippen molar-refractivity contribution in [1.29, 1.82) is 0 Å². The minimum absolute atomic E-state index is 0.113. The zero-order chi connectivity index (χ0) is 19.9. The van der Waals surface area contributed by atoms with Crippen LogP contribution in [0.1, 0.15) is 22.8 Å². The lowest BCUT2D eigenvalue weighted by Crippen LogP contribution is -2.30. The number of carbonyl (C=O) groups is 2. The van der Waals surface area contributed by atoms with Crippen LogP contribution in [0.3, 0.4) is 0 Å². The van der Waals surface area contributed by atoms with Gasteiger partial charge in [0, 0.05) is 17.8 Å². The van der Waals surface area contributed by atoms with E-state index in [4.69, 9.17) is 40.4 Å². The summed E-state index contributed by atoms with van der Waals surface area (Å²) in [6, 6.07) is 6.87.